The molecular formula is C23H23N5O3. The second kappa shape index (κ2) is 8.74. The Labute approximate surface area is 179 Å². The molecular weight excluding hydrogens is 394 g/mol. The number of nitrogens with zero attached hydrogens (tertiary/aromatic N) is 3. The van der Waals surface area contributed by atoms with Gasteiger partial charge in [0.05, 0.1) is 20.4 Å². The number of H-pyrrole nitrogens is 1. The molecule has 0 radical (unpaired) electrons. The summed E-state index contributed by atoms with van der Waals surface area (Å²) in [5.74, 6) is 1.08. The fourth-order valence-electron chi connectivity index (χ4n) is 3.29. The number of aromatic nitrogens is 4. The van der Waals surface area contributed by atoms with Crippen LogP contribution in [0, 0.1) is 0 Å². The zero-order valence-corrected chi connectivity index (χ0v) is 17.5. The van der Waals surface area contributed by atoms with Crippen molar-refractivity contribution in [1.29, 1.82) is 0 Å². The number of nitrogens with one attached hydrogen (secondary N) is 2. The van der Waals surface area contributed by atoms with Crippen LogP contribution >= 0.6 is 0 Å². The second-order valence-electron chi connectivity index (χ2n) is 7.01. The fraction of sp³-hybridized carbons (Fsp3) is 0.174. The highest BCUT2D eigenvalue weighted by Crippen LogP contribution is 2.27. The quantitative estimate of drug-likeness (QED) is 0.450. The first-order valence-electron chi connectivity index (χ1n) is 9.70. The van der Waals surface area contributed by atoms with Crippen molar-refractivity contribution in [1.82, 2.24) is 25.1 Å². The number of rotatable bonds is 7. The van der Waals surface area contributed by atoms with Crippen LogP contribution < -0.4 is 14.8 Å². The van der Waals surface area contributed by atoms with E-state index >= 15 is 0 Å². The minimum absolute atomic E-state index is 0.194. The summed E-state index contributed by atoms with van der Waals surface area (Å²) < 4.78 is 12.3. The number of benzene rings is 1. The lowest BCUT2D eigenvalue weighted by Gasteiger charge is -2.09. The first-order valence-corrected chi connectivity index (χ1v) is 9.70. The van der Waals surface area contributed by atoms with E-state index in [0.29, 0.717) is 18.0 Å². The predicted molar refractivity (Wildman–Crippen MR) is 119 cm³/mol. The van der Waals surface area contributed by atoms with Crippen molar-refractivity contribution in [2.45, 2.75) is 6.54 Å². The summed E-state index contributed by atoms with van der Waals surface area (Å²) in [4.78, 5) is 19.9. The summed E-state index contributed by atoms with van der Waals surface area (Å²) in [7, 11) is 5.04. The van der Waals surface area contributed by atoms with Gasteiger partial charge in [0.15, 0.2) is 11.5 Å². The lowest BCUT2D eigenvalue weighted by Crippen LogP contribution is -2.20. The van der Waals surface area contributed by atoms with Gasteiger partial charge in [-0.3, -0.25) is 9.48 Å². The molecule has 0 saturated heterocycles. The van der Waals surface area contributed by atoms with E-state index in [0.717, 1.165) is 33.3 Å². The third-order valence-electron chi connectivity index (χ3n) is 4.93. The highest BCUT2D eigenvalue weighted by molar-refractivity contribution is 5.96. The first-order chi connectivity index (χ1) is 15.1. The van der Waals surface area contributed by atoms with Gasteiger partial charge in [-0.15, -0.1) is 0 Å². The summed E-state index contributed by atoms with van der Waals surface area (Å²) in [6.45, 7) is 0.379. The van der Waals surface area contributed by atoms with Crippen LogP contribution in [-0.2, 0) is 18.4 Å². The highest BCUT2D eigenvalue weighted by Gasteiger charge is 2.08. The van der Waals surface area contributed by atoms with Gasteiger partial charge in [0.2, 0.25) is 5.91 Å². The molecule has 31 heavy (non-hydrogen) atoms. The van der Waals surface area contributed by atoms with Crippen molar-refractivity contribution in [2.75, 3.05) is 14.2 Å². The molecule has 0 aliphatic carbocycles. The highest BCUT2D eigenvalue weighted by atomic mass is 16.5. The van der Waals surface area contributed by atoms with Crippen molar-refractivity contribution < 1.29 is 14.3 Å². The Morgan fingerprint density at radius 1 is 1.16 bits per heavy atom. The smallest absolute Gasteiger partial charge is 0.244 e. The number of amides is 1. The monoisotopic (exact) mass is 417 g/mol. The number of methoxy groups -OCH3 is 2. The first kappa shape index (κ1) is 20.2. The number of pyridine rings is 1. The van der Waals surface area contributed by atoms with E-state index in [1.807, 2.05) is 43.7 Å². The summed E-state index contributed by atoms with van der Waals surface area (Å²) in [6.07, 6.45) is 10.7. The van der Waals surface area contributed by atoms with Gasteiger partial charge in [-0.25, -0.2) is 4.98 Å². The van der Waals surface area contributed by atoms with E-state index in [4.69, 9.17) is 9.47 Å². The Hall–Kier alpha value is -4.07. The Morgan fingerprint density at radius 2 is 2.00 bits per heavy atom. The molecule has 4 rings (SSSR count). The Kier molecular flexibility index (Phi) is 5.70. The summed E-state index contributed by atoms with van der Waals surface area (Å²) >= 11 is 0. The third kappa shape index (κ3) is 4.42. The predicted octanol–water partition coefficient (Wildman–Crippen LogP) is 3.31. The van der Waals surface area contributed by atoms with Gasteiger partial charge < -0.3 is 19.8 Å². The average Bonchev–Trinajstić information content (AvgIpc) is 3.41. The lowest BCUT2D eigenvalue weighted by atomic mass is 10.1. The van der Waals surface area contributed by atoms with Crippen LogP contribution in [0.5, 0.6) is 11.5 Å². The van der Waals surface area contributed by atoms with Gasteiger partial charge in [0, 0.05) is 60.3 Å². The van der Waals surface area contributed by atoms with E-state index in [-0.39, 0.29) is 5.91 Å². The molecule has 1 amide bonds. The minimum atomic E-state index is -0.194. The zero-order valence-electron chi connectivity index (χ0n) is 17.5. The average molecular weight is 417 g/mol. The van der Waals surface area contributed by atoms with E-state index in [1.54, 1.807) is 37.4 Å². The van der Waals surface area contributed by atoms with Crippen molar-refractivity contribution in [3.63, 3.8) is 0 Å². The summed E-state index contributed by atoms with van der Waals surface area (Å²) in [6, 6.07) is 7.58. The van der Waals surface area contributed by atoms with Crippen LogP contribution in [0.15, 0.2) is 55.1 Å². The number of carbonyl (C=O) groups excluding carboxylic acids is 1. The van der Waals surface area contributed by atoms with Gasteiger partial charge in [-0.05, 0) is 29.8 Å². The molecule has 0 spiro atoms. The van der Waals surface area contributed by atoms with Crippen LogP contribution in [0.3, 0.4) is 0 Å². The van der Waals surface area contributed by atoms with Crippen molar-refractivity contribution in [2.24, 2.45) is 7.05 Å². The maximum atomic E-state index is 12.3. The molecule has 0 saturated carbocycles. The van der Waals surface area contributed by atoms with Crippen molar-refractivity contribution in [3.05, 3.63) is 66.3 Å². The summed E-state index contributed by atoms with van der Waals surface area (Å²) in [5, 5.41) is 8.02. The molecule has 4 aromatic rings. The summed E-state index contributed by atoms with van der Waals surface area (Å²) in [5.41, 5.74) is 4.51. The number of ether oxygens (including phenoxy) is 2. The van der Waals surface area contributed by atoms with Gasteiger partial charge >= 0.3 is 0 Å². The number of carbonyl (C=O) groups is 1. The van der Waals surface area contributed by atoms with Crippen LogP contribution in [0.1, 0.15) is 11.1 Å². The maximum Gasteiger partial charge on any atom is 0.244 e. The van der Waals surface area contributed by atoms with Crippen LogP contribution in [0.2, 0.25) is 0 Å². The standard InChI is InChI=1S/C23H23N5O3/c1-28-14-18(13-27-28)17-9-19-16(11-25-23(19)26-12-17)5-7-22(29)24-10-15-4-6-20(30-2)21(8-15)31-3/h4-9,11-14H,10H2,1-3H3,(H,24,29)(H,25,26)/b7-5+. The van der Waals surface area contributed by atoms with E-state index < -0.39 is 0 Å². The fourth-order valence-corrected chi connectivity index (χ4v) is 3.29. The van der Waals surface area contributed by atoms with Crippen molar-refractivity contribution >= 4 is 23.0 Å². The van der Waals surface area contributed by atoms with Crippen molar-refractivity contribution in [3.8, 4) is 22.6 Å². The molecule has 8 heteroatoms. The molecule has 2 N–H and O–H groups in total. The lowest BCUT2D eigenvalue weighted by molar-refractivity contribution is -0.116. The number of aromatic amines is 1. The number of aryl methyl sites for hydroxylation is 1. The molecule has 0 aliphatic heterocycles. The zero-order chi connectivity index (χ0) is 21.8. The van der Waals surface area contributed by atoms with Gasteiger partial charge in [0.1, 0.15) is 5.65 Å². The normalized spacial score (nSPS) is 11.2. The van der Waals surface area contributed by atoms with Gasteiger partial charge in [-0.2, -0.15) is 5.10 Å². The van der Waals surface area contributed by atoms with Gasteiger partial charge in [-0.1, -0.05) is 6.07 Å². The molecule has 3 heterocycles. The molecule has 158 valence electrons. The van der Waals surface area contributed by atoms with Crippen LogP contribution in [0.4, 0.5) is 0 Å². The largest absolute Gasteiger partial charge is 0.493 e. The molecule has 8 nitrogen and oxygen atoms in total. The van der Waals surface area contributed by atoms with E-state index in [2.05, 4.69) is 20.4 Å². The number of hydrogen-bond acceptors (Lipinski definition) is 5. The molecule has 1 aromatic carbocycles. The Morgan fingerprint density at radius 3 is 2.74 bits per heavy atom. The molecule has 0 atom stereocenters. The second-order valence-corrected chi connectivity index (χ2v) is 7.01. The molecule has 0 unspecified atom stereocenters. The number of hydrogen-bond donors (Lipinski definition) is 2. The molecule has 3 aromatic heterocycles. The molecule has 0 bridgehead atoms. The third-order valence-corrected chi connectivity index (χ3v) is 4.93. The topological polar surface area (TPSA) is 94.1 Å². The van der Waals surface area contributed by atoms with Crippen LogP contribution in [-0.4, -0.2) is 39.9 Å². The maximum absolute atomic E-state index is 12.3. The Bertz CT molecular complexity index is 1260. The SMILES string of the molecule is COc1ccc(CNC(=O)/C=C/c2c[nH]c3ncc(-c4cnn(C)c4)cc23)cc1OC. The van der Waals surface area contributed by atoms with Gasteiger partial charge in [0.25, 0.3) is 0 Å². The van der Waals surface area contributed by atoms with E-state index in [1.165, 1.54) is 6.08 Å². The molecule has 0 fully saturated rings. The minimum Gasteiger partial charge on any atom is -0.493 e. The van der Waals surface area contributed by atoms with Crippen LogP contribution in [0.25, 0.3) is 28.2 Å². The number of fused-ring (bicyclic) bond motifs is 1. The molecule has 0 aliphatic rings. The van der Waals surface area contributed by atoms with E-state index in [9.17, 15) is 4.79 Å². The Balaban J connectivity index is 1.46.